The van der Waals surface area contributed by atoms with Crippen LogP contribution in [0.2, 0.25) is 0 Å². The molecule has 6 heteroatoms. The van der Waals surface area contributed by atoms with Gasteiger partial charge in [-0.2, -0.15) is 0 Å². The van der Waals surface area contributed by atoms with Crippen molar-refractivity contribution in [1.29, 1.82) is 0 Å². The van der Waals surface area contributed by atoms with Crippen molar-refractivity contribution < 1.29 is 10.2 Å². The number of para-hydroxylation sites is 4. The highest BCUT2D eigenvalue weighted by Gasteiger charge is 2.51. The minimum Gasteiger partial charge on any atom is -0.392 e. The Hall–Kier alpha value is -5.04. The minimum atomic E-state index is -0.775. The van der Waals surface area contributed by atoms with E-state index in [9.17, 15) is 10.2 Å². The summed E-state index contributed by atoms with van der Waals surface area (Å²) in [6.45, 7) is 4.37. The van der Waals surface area contributed by atoms with Crippen LogP contribution in [0.25, 0.3) is 22.2 Å². The monoisotopic (exact) mass is 590 g/mol. The van der Waals surface area contributed by atoms with E-state index in [1.165, 1.54) is 11.1 Å². The molecule has 1 aromatic heterocycles. The molecule has 8 rings (SSSR count). The lowest BCUT2D eigenvalue weighted by atomic mass is 9.65. The molecule has 3 aromatic carbocycles. The average Bonchev–Trinajstić information content (AvgIpc) is 3.46. The number of rotatable bonds is 5. The van der Waals surface area contributed by atoms with Gasteiger partial charge in [0.05, 0.1) is 23.2 Å². The lowest BCUT2D eigenvalue weighted by Crippen LogP contribution is -2.53. The van der Waals surface area contributed by atoms with Crippen molar-refractivity contribution in [2.45, 2.75) is 37.9 Å². The molecule has 3 aliphatic carbocycles. The van der Waals surface area contributed by atoms with Crippen LogP contribution >= 0.6 is 0 Å². The second kappa shape index (κ2) is 10.8. The Balaban J connectivity index is 1.27. The predicted molar refractivity (Wildman–Crippen MR) is 180 cm³/mol. The number of aliphatic hydroxyl groups is 2. The van der Waals surface area contributed by atoms with Crippen LogP contribution in [0, 0.1) is 5.92 Å². The fourth-order valence-electron chi connectivity index (χ4n) is 7.01. The van der Waals surface area contributed by atoms with Gasteiger partial charge in [-0.05, 0) is 70.6 Å². The van der Waals surface area contributed by atoms with Gasteiger partial charge in [-0.3, -0.25) is 9.80 Å². The van der Waals surface area contributed by atoms with Crippen LogP contribution in [0.15, 0.2) is 133 Å². The zero-order valence-corrected chi connectivity index (χ0v) is 25.2. The van der Waals surface area contributed by atoms with Crippen molar-refractivity contribution >= 4 is 34.0 Å². The molecule has 2 atom stereocenters. The summed E-state index contributed by atoms with van der Waals surface area (Å²) in [6, 6.07) is 40.6. The molecule has 222 valence electrons. The molecular weight excluding hydrogens is 556 g/mol. The molecule has 0 radical (unpaired) electrons. The Morgan fingerprint density at radius 2 is 1.09 bits per heavy atom. The summed E-state index contributed by atoms with van der Waals surface area (Å²) >= 11 is 0. The van der Waals surface area contributed by atoms with Gasteiger partial charge in [0, 0.05) is 23.2 Å². The van der Waals surface area contributed by atoms with Crippen molar-refractivity contribution in [2.24, 2.45) is 5.92 Å². The topological polar surface area (TPSA) is 72.7 Å². The largest absolute Gasteiger partial charge is 0.392 e. The van der Waals surface area contributed by atoms with Crippen molar-refractivity contribution in [3.63, 3.8) is 0 Å². The molecule has 2 unspecified atom stereocenters. The summed E-state index contributed by atoms with van der Waals surface area (Å²) in [4.78, 5) is 14.4. The third-order valence-electron chi connectivity index (χ3n) is 9.26. The van der Waals surface area contributed by atoms with Gasteiger partial charge in [-0.25, -0.2) is 9.97 Å². The van der Waals surface area contributed by atoms with Gasteiger partial charge < -0.3 is 10.2 Å². The van der Waals surface area contributed by atoms with E-state index < -0.39 is 24.0 Å². The number of fused-ring (bicyclic) bond motifs is 3. The van der Waals surface area contributed by atoms with E-state index in [2.05, 4.69) is 47.9 Å². The molecule has 1 aliphatic heterocycles. The van der Waals surface area contributed by atoms with Gasteiger partial charge in [0.2, 0.25) is 0 Å². The Morgan fingerprint density at radius 3 is 1.60 bits per heavy atom. The van der Waals surface area contributed by atoms with Crippen molar-refractivity contribution in [2.75, 3.05) is 9.80 Å². The smallest absolute Gasteiger partial charge is 0.183 e. The van der Waals surface area contributed by atoms with Crippen LogP contribution in [0.1, 0.15) is 36.8 Å². The maximum Gasteiger partial charge on any atom is 0.183 e. The van der Waals surface area contributed by atoms with E-state index in [-0.39, 0.29) is 0 Å². The van der Waals surface area contributed by atoms with Crippen molar-refractivity contribution in [3.8, 4) is 11.1 Å². The molecule has 0 bridgehead atoms. The molecule has 1 fully saturated rings. The summed E-state index contributed by atoms with van der Waals surface area (Å²) in [6.07, 6.45) is 0.457. The highest BCUT2D eigenvalue weighted by molar-refractivity contribution is 5.93. The summed E-state index contributed by atoms with van der Waals surface area (Å²) < 4.78 is 0. The number of aliphatic hydroxyl groups excluding tert-OH is 2. The van der Waals surface area contributed by atoms with E-state index in [1.807, 2.05) is 103 Å². The second-order valence-electron chi connectivity index (χ2n) is 12.3. The molecular formula is C39H34N4O2. The maximum atomic E-state index is 11.8. The van der Waals surface area contributed by atoms with Crippen LogP contribution in [0.5, 0.6) is 0 Å². The van der Waals surface area contributed by atoms with Gasteiger partial charge in [0.15, 0.2) is 11.6 Å². The van der Waals surface area contributed by atoms with Crippen LogP contribution < -0.4 is 9.80 Å². The SMILES string of the molecule is CC(C)c1cc(C2C(O)C(C=C3N(c4ccccc4)c4nc5ccccc5nc4N3c3ccccc3)C2O)c2cccccc1-2. The number of anilines is 4. The Bertz CT molecular complexity index is 1910. The number of hydrogen-bond donors (Lipinski definition) is 2. The fraction of sp³-hybridized carbons (Fsp3) is 0.179. The fourth-order valence-corrected chi connectivity index (χ4v) is 7.01. The Labute approximate surface area is 262 Å². The van der Waals surface area contributed by atoms with Gasteiger partial charge in [-0.1, -0.05) is 98.8 Å². The van der Waals surface area contributed by atoms with Crippen LogP contribution in [-0.4, -0.2) is 32.4 Å². The molecule has 1 saturated carbocycles. The van der Waals surface area contributed by atoms with E-state index in [4.69, 9.17) is 9.97 Å². The molecule has 4 aromatic rings. The maximum absolute atomic E-state index is 11.8. The zero-order chi connectivity index (χ0) is 30.7. The average molecular weight is 591 g/mol. The number of hydrogen-bond acceptors (Lipinski definition) is 6. The van der Waals surface area contributed by atoms with Crippen LogP contribution in [-0.2, 0) is 0 Å². The zero-order valence-electron chi connectivity index (χ0n) is 25.2. The first-order valence-electron chi connectivity index (χ1n) is 15.6. The highest BCUT2D eigenvalue weighted by atomic mass is 16.3. The first-order valence-corrected chi connectivity index (χ1v) is 15.6. The van der Waals surface area contributed by atoms with Gasteiger partial charge in [0.1, 0.15) is 5.82 Å². The second-order valence-corrected chi connectivity index (χ2v) is 12.3. The highest BCUT2D eigenvalue weighted by Crippen LogP contribution is 2.53. The van der Waals surface area contributed by atoms with Crippen molar-refractivity contribution in [1.82, 2.24) is 9.97 Å². The molecule has 6 nitrogen and oxygen atoms in total. The summed E-state index contributed by atoms with van der Waals surface area (Å²) in [7, 11) is 0. The quantitative estimate of drug-likeness (QED) is 0.211. The third-order valence-corrected chi connectivity index (χ3v) is 9.26. The number of benzene rings is 3. The number of nitrogens with zero attached hydrogens (tertiary/aromatic N) is 4. The van der Waals surface area contributed by atoms with Crippen molar-refractivity contribution in [3.05, 3.63) is 144 Å². The van der Waals surface area contributed by atoms with Crippen LogP contribution in [0.3, 0.4) is 0 Å². The van der Waals surface area contributed by atoms with Crippen LogP contribution in [0.4, 0.5) is 23.0 Å². The van der Waals surface area contributed by atoms with E-state index in [0.29, 0.717) is 17.6 Å². The molecule has 2 N–H and O–H groups in total. The lowest BCUT2D eigenvalue weighted by Gasteiger charge is -2.46. The van der Waals surface area contributed by atoms with E-state index in [1.54, 1.807) is 0 Å². The van der Waals surface area contributed by atoms with E-state index >= 15 is 0 Å². The molecule has 0 saturated heterocycles. The lowest BCUT2D eigenvalue weighted by molar-refractivity contribution is -0.0943. The molecule has 2 heterocycles. The van der Waals surface area contributed by atoms with Gasteiger partial charge in [-0.15, -0.1) is 0 Å². The Morgan fingerprint density at radius 1 is 0.622 bits per heavy atom. The summed E-state index contributed by atoms with van der Waals surface area (Å²) in [5, 5.41) is 23.7. The minimum absolute atomic E-state index is 0.322. The first-order chi connectivity index (χ1) is 22.0. The number of aromatic nitrogens is 2. The molecule has 45 heavy (non-hydrogen) atoms. The van der Waals surface area contributed by atoms with Gasteiger partial charge in [0.25, 0.3) is 0 Å². The standard InChI is InChI=1S/C39H34N4O2/c1-24(2)29-22-30(28-19-11-5-10-18-27(28)29)35-36(44)31(37(35)45)23-34-42(25-14-6-3-7-15-25)38-39(43(34)26-16-8-4-9-17-26)41-33-21-13-12-20-32(33)40-38/h3-24,31,35-37,44-45H,1-2H3. The molecule has 4 aliphatic rings. The molecule has 0 spiro atoms. The normalized spacial score (nSPS) is 21.0. The predicted octanol–water partition coefficient (Wildman–Crippen LogP) is 8.12. The molecule has 0 amide bonds. The summed E-state index contributed by atoms with van der Waals surface area (Å²) in [5.74, 6) is 1.60. The Kier molecular flexibility index (Phi) is 6.63. The first kappa shape index (κ1) is 27.5. The third kappa shape index (κ3) is 4.40. The summed E-state index contributed by atoms with van der Waals surface area (Å²) in [5.41, 5.74) is 7.94. The van der Waals surface area contributed by atoms with Gasteiger partial charge >= 0.3 is 0 Å². The van der Waals surface area contributed by atoms with E-state index in [0.717, 1.165) is 39.4 Å².